The number of piperidine rings is 1. The van der Waals surface area contributed by atoms with E-state index in [0.29, 0.717) is 30.1 Å². The lowest BCUT2D eigenvalue weighted by atomic mass is 9.95. The number of phenolic OH excluding ortho intramolecular Hbond substituents is 1. The van der Waals surface area contributed by atoms with E-state index in [1.165, 1.54) is 19.3 Å². The summed E-state index contributed by atoms with van der Waals surface area (Å²) in [6.45, 7) is 6.51. The zero-order valence-electron chi connectivity index (χ0n) is 14.4. The standard InChI is InChI=1S/C19H28N2O3/c1-14-9-15(5-6-18(14)23)19(24)21-11-16(17(12-21)13-22)10-20-7-3-2-4-8-20/h5-6,9,16-17,22-23H,2-4,7-8,10-13H2,1H3/t16-,17-/m1/s1. The highest BCUT2D eigenvalue weighted by atomic mass is 16.3. The Morgan fingerprint density at radius 1 is 1.17 bits per heavy atom. The molecule has 0 aliphatic carbocycles. The second kappa shape index (κ2) is 7.53. The predicted molar refractivity (Wildman–Crippen MR) is 93.1 cm³/mol. The monoisotopic (exact) mass is 332 g/mol. The van der Waals surface area contributed by atoms with E-state index in [-0.39, 0.29) is 24.2 Å². The van der Waals surface area contributed by atoms with Gasteiger partial charge < -0.3 is 20.0 Å². The number of amides is 1. The molecule has 3 rings (SSSR count). The fourth-order valence-electron chi connectivity index (χ4n) is 3.96. The molecule has 24 heavy (non-hydrogen) atoms. The van der Waals surface area contributed by atoms with Gasteiger partial charge in [-0.15, -0.1) is 0 Å². The number of likely N-dealkylation sites (tertiary alicyclic amines) is 2. The highest BCUT2D eigenvalue weighted by molar-refractivity contribution is 5.94. The minimum absolute atomic E-state index is 0.00214. The average molecular weight is 332 g/mol. The zero-order valence-corrected chi connectivity index (χ0v) is 14.4. The van der Waals surface area contributed by atoms with E-state index in [1.807, 2.05) is 4.90 Å². The van der Waals surface area contributed by atoms with Crippen LogP contribution in [-0.2, 0) is 0 Å². The Labute approximate surface area is 143 Å². The number of nitrogens with zero attached hydrogens (tertiary/aromatic N) is 2. The predicted octanol–water partition coefficient (Wildman–Crippen LogP) is 1.87. The van der Waals surface area contributed by atoms with Crippen molar-refractivity contribution in [2.45, 2.75) is 26.2 Å². The molecule has 2 aliphatic rings. The first kappa shape index (κ1) is 17.2. The Balaban J connectivity index is 1.66. The van der Waals surface area contributed by atoms with Gasteiger partial charge in [-0.25, -0.2) is 0 Å². The third-order valence-electron chi connectivity index (χ3n) is 5.48. The van der Waals surface area contributed by atoms with Crippen molar-refractivity contribution in [2.24, 2.45) is 11.8 Å². The van der Waals surface area contributed by atoms with Crippen LogP contribution in [0.1, 0.15) is 35.2 Å². The molecule has 0 bridgehead atoms. The van der Waals surface area contributed by atoms with E-state index >= 15 is 0 Å². The van der Waals surface area contributed by atoms with Crippen molar-refractivity contribution < 1.29 is 15.0 Å². The highest BCUT2D eigenvalue weighted by Gasteiger charge is 2.36. The van der Waals surface area contributed by atoms with Crippen molar-refractivity contribution in [1.29, 1.82) is 0 Å². The highest BCUT2D eigenvalue weighted by Crippen LogP contribution is 2.27. The van der Waals surface area contributed by atoms with Crippen molar-refractivity contribution in [3.8, 4) is 5.75 Å². The van der Waals surface area contributed by atoms with Gasteiger partial charge in [-0.2, -0.15) is 0 Å². The molecular weight excluding hydrogens is 304 g/mol. The number of aliphatic hydroxyl groups excluding tert-OH is 1. The second-order valence-electron chi connectivity index (χ2n) is 7.28. The normalized spacial score (nSPS) is 25.2. The van der Waals surface area contributed by atoms with Crippen LogP contribution >= 0.6 is 0 Å². The Hall–Kier alpha value is -1.59. The van der Waals surface area contributed by atoms with E-state index < -0.39 is 0 Å². The summed E-state index contributed by atoms with van der Waals surface area (Å²) in [5, 5.41) is 19.4. The summed E-state index contributed by atoms with van der Waals surface area (Å²) in [6, 6.07) is 4.99. The van der Waals surface area contributed by atoms with Crippen molar-refractivity contribution in [3.63, 3.8) is 0 Å². The lowest BCUT2D eigenvalue weighted by Crippen LogP contribution is -2.37. The molecule has 2 saturated heterocycles. The van der Waals surface area contributed by atoms with Crippen molar-refractivity contribution >= 4 is 5.91 Å². The summed E-state index contributed by atoms with van der Waals surface area (Å²) in [5.41, 5.74) is 1.32. The average Bonchev–Trinajstić information content (AvgIpc) is 3.00. The second-order valence-corrected chi connectivity index (χ2v) is 7.28. The number of aromatic hydroxyl groups is 1. The van der Waals surface area contributed by atoms with Crippen LogP contribution in [0.5, 0.6) is 5.75 Å². The number of benzene rings is 1. The molecule has 0 unspecified atom stereocenters. The van der Waals surface area contributed by atoms with Crippen LogP contribution in [-0.4, -0.2) is 65.3 Å². The molecule has 1 aromatic rings. The molecule has 2 heterocycles. The van der Waals surface area contributed by atoms with Crippen LogP contribution in [0.15, 0.2) is 18.2 Å². The van der Waals surface area contributed by atoms with Gasteiger partial charge in [0.25, 0.3) is 5.91 Å². The molecule has 0 spiro atoms. The maximum Gasteiger partial charge on any atom is 0.253 e. The van der Waals surface area contributed by atoms with E-state index in [4.69, 9.17) is 0 Å². The third-order valence-corrected chi connectivity index (χ3v) is 5.48. The van der Waals surface area contributed by atoms with Gasteiger partial charge in [0.2, 0.25) is 0 Å². The van der Waals surface area contributed by atoms with Gasteiger partial charge in [0, 0.05) is 37.7 Å². The molecule has 0 saturated carbocycles. The van der Waals surface area contributed by atoms with Gasteiger partial charge in [0.1, 0.15) is 5.75 Å². The van der Waals surface area contributed by atoms with Crippen LogP contribution in [0.2, 0.25) is 0 Å². The van der Waals surface area contributed by atoms with Gasteiger partial charge >= 0.3 is 0 Å². The number of aryl methyl sites for hydroxylation is 1. The topological polar surface area (TPSA) is 64.0 Å². The smallest absolute Gasteiger partial charge is 0.253 e. The van der Waals surface area contributed by atoms with Crippen molar-refractivity contribution in [1.82, 2.24) is 9.80 Å². The third kappa shape index (κ3) is 3.73. The fourth-order valence-corrected chi connectivity index (χ4v) is 3.96. The summed E-state index contributed by atoms with van der Waals surface area (Å²) in [7, 11) is 0. The van der Waals surface area contributed by atoms with Crippen LogP contribution < -0.4 is 0 Å². The fraction of sp³-hybridized carbons (Fsp3) is 0.632. The Morgan fingerprint density at radius 3 is 2.54 bits per heavy atom. The van der Waals surface area contributed by atoms with Gasteiger partial charge in [-0.3, -0.25) is 4.79 Å². The first-order valence-electron chi connectivity index (χ1n) is 9.00. The molecule has 132 valence electrons. The molecule has 2 aliphatic heterocycles. The lowest BCUT2D eigenvalue weighted by Gasteiger charge is -2.30. The Morgan fingerprint density at radius 2 is 1.88 bits per heavy atom. The van der Waals surface area contributed by atoms with Crippen LogP contribution in [0, 0.1) is 18.8 Å². The van der Waals surface area contributed by atoms with Crippen molar-refractivity contribution in [3.05, 3.63) is 29.3 Å². The maximum absolute atomic E-state index is 12.8. The Bertz CT molecular complexity index is 584. The molecule has 1 amide bonds. The number of hydrogen-bond acceptors (Lipinski definition) is 4. The molecule has 0 aromatic heterocycles. The number of carbonyl (C=O) groups excluding carboxylic acids is 1. The summed E-state index contributed by atoms with van der Waals surface area (Å²) in [4.78, 5) is 17.1. The lowest BCUT2D eigenvalue weighted by molar-refractivity contribution is 0.0778. The van der Waals surface area contributed by atoms with E-state index in [2.05, 4.69) is 4.90 Å². The summed E-state index contributed by atoms with van der Waals surface area (Å²) in [6.07, 6.45) is 3.83. The number of rotatable bonds is 4. The maximum atomic E-state index is 12.8. The first-order chi connectivity index (χ1) is 11.6. The van der Waals surface area contributed by atoms with Gasteiger partial charge in [0.15, 0.2) is 0 Å². The molecular formula is C19H28N2O3. The molecule has 1 aromatic carbocycles. The molecule has 2 N–H and O–H groups in total. The summed E-state index contributed by atoms with van der Waals surface area (Å²) in [5.74, 6) is 0.714. The number of hydrogen-bond donors (Lipinski definition) is 2. The minimum atomic E-state index is -0.00214. The first-order valence-corrected chi connectivity index (χ1v) is 9.00. The number of aliphatic hydroxyl groups is 1. The number of phenols is 1. The molecule has 5 nitrogen and oxygen atoms in total. The SMILES string of the molecule is Cc1cc(C(=O)N2C[C@@H](CN3CCCCC3)[C@@H](CO)C2)ccc1O. The van der Waals surface area contributed by atoms with Crippen LogP contribution in [0.25, 0.3) is 0 Å². The molecule has 0 radical (unpaired) electrons. The van der Waals surface area contributed by atoms with Gasteiger partial charge in [0.05, 0.1) is 0 Å². The van der Waals surface area contributed by atoms with Crippen LogP contribution in [0.4, 0.5) is 0 Å². The van der Waals surface area contributed by atoms with Gasteiger partial charge in [-0.1, -0.05) is 6.42 Å². The molecule has 5 heteroatoms. The van der Waals surface area contributed by atoms with Crippen LogP contribution in [0.3, 0.4) is 0 Å². The van der Waals surface area contributed by atoms with E-state index in [9.17, 15) is 15.0 Å². The largest absolute Gasteiger partial charge is 0.508 e. The van der Waals surface area contributed by atoms with Gasteiger partial charge in [-0.05, 0) is 62.5 Å². The van der Waals surface area contributed by atoms with Crippen molar-refractivity contribution in [2.75, 3.05) is 39.3 Å². The van der Waals surface area contributed by atoms with E-state index in [1.54, 1.807) is 25.1 Å². The van der Waals surface area contributed by atoms with E-state index in [0.717, 1.165) is 19.6 Å². The Kier molecular flexibility index (Phi) is 5.41. The summed E-state index contributed by atoms with van der Waals surface area (Å²) >= 11 is 0. The number of carbonyl (C=O) groups is 1. The zero-order chi connectivity index (χ0) is 17.1. The molecule has 2 fully saturated rings. The molecule has 2 atom stereocenters. The summed E-state index contributed by atoms with van der Waals surface area (Å²) < 4.78 is 0. The quantitative estimate of drug-likeness (QED) is 0.883. The minimum Gasteiger partial charge on any atom is -0.508 e.